The van der Waals surface area contributed by atoms with Crippen LogP contribution < -0.4 is 11.1 Å². The third-order valence-electron chi connectivity index (χ3n) is 3.51. The fourth-order valence-corrected chi connectivity index (χ4v) is 2.20. The van der Waals surface area contributed by atoms with Crippen LogP contribution in [-0.4, -0.2) is 12.5 Å². The number of hydrogen-bond donors (Lipinski definition) is 2. The van der Waals surface area contributed by atoms with Crippen molar-refractivity contribution in [2.24, 2.45) is 17.6 Å². The lowest BCUT2D eigenvalue weighted by atomic mass is 9.96. The molecule has 2 unspecified atom stereocenters. The first-order valence-electron chi connectivity index (χ1n) is 7.57. The zero-order valence-electron chi connectivity index (χ0n) is 12.9. The van der Waals surface area contributed by atoms with E-state index in [2.05, 4.69) is 38.2 Å². The first-order valence-corrected chi connectivity index (χ1v) is 7.57. The number of rotatable bonds is 8. The Morgan fingerprint density at radius 3 is 2.40 bits per heavy atom. The Morgan fingerprint density at radius 2 is 1.85 bits per heavy atom. The van der Waals surface area contributed by atoms with E-state index in [9.17, 15) is 4.79 Å². The molecule has 0 saturated carbocycles. The molecule has 0 radical (unpaired) electrons. The molecule has 1 aromatic carbocycles. The zero-order valence-corrected chi connectivity index (χ0v) is 12.9. The molecule has 0 saturated heterocycles. The minimum Gasteiger partial charge on any atom is -0.349 e. The molecule has 112 valence electrons. The first-order chi connectivity index (χ1) is 9.52. The van der Waals surface area contributed by atoms with Crippen molar-refractivity contribution >= 4 is 5.91 Å². The maximum Gasteiger partial charge on any atom is 0.220 e. The summed E-state index contributed by atoms with van der Waals surface area (Å²) in [5, 5.41) is 3.16. The number of carbonyl (C=O) groups is 1. The molecule has 0 bridgehead atoms. The minimum atomic E-state index is 0.108. The summed E-state index contributed by atoms with van der Waals surface area (Å²) in [4.78, 5) is 12.1. The van der Waals surface area contributed by atoms with Gasteiger partial charge in [0.1, 0.15) is 0 Å². The summed E-state index contributed by atoms with van der Waals surface area (Å²) in [5.74, 6) is 1.07. The average Bonchev–Trinajstić information content (AvgIpc) is 2.44. The number of hydrogen-bond acceptors (Lipinski definition) is 2. The number of nitrogens with two attached hydrogens (primary N) is 1. The van der Waals surface area contributed by atoms with Crippen molar-refractivity contribution in [1.29, 1.82) is 0 Å². The molecule has 1 rings (SSSR count). The highest BCUT2D eigenvalue weighted by molar-refractivity contribution is 5.76. The fraction of sp³-hybridized carbons (Fsp3) is 0.588. The minimum absolute atomic E-state index is 0.108. The quantitative estimate of drug-likeness (QED) is 0.765. The molecule has 3 N–H and O–H groups in total. The number of carbonyl (C=O) groups excluding carboxylic acids is 1. The van der Waals surface area contributed by atoms with Crippen molar-refractivity contribution in [3.63, 3.8) is 0 Å². The third kappa shape index (κ3) is 6.20. The number of benzene rings is 1. The van der Waals surface area contributed by atoms with Crippen LogP contribution in [0.4, 0.5) is 0 Å². The van der Waals surface area contributed by atoms with Gasteiger partial charge in [0.2, 0.25) is 5.91 Å². The molecular weight excluding hydrogens is 248 g/mol. The molecule has 20 heavy (non-hydrogen) atoms. The SMILES string of the molecule is CC(C)CC(NC(=O)CCC(C)CN)c1ccccc1. The second kappa shape index (κ2) is 8.75. The average molecular weight is 276 g/mol. The molecule has 0 spiro atoms. The maximum absolute atomic E-state index is 12.1. The Balaban J connectivity index is 2.59. The third-order valence-corrected chi connectivity index (χ3v) is 3.51. The van der Waals surface area contributed by atoms with Gasteiger partial charge >= 0.3 is 0 Å². The summed E-state index contributed by atoms with van der Waals surface area (Å²) in [6.45, 7) is 7.08. The van der Waals surface area contributed by atoms with Crippen LogP contribution in [0.3, 0.4) is 0 Å². The highest BCUT2D eigenvalue weighted by Gasteiger charge is 2.16. The van der Waals surface area contributed by atoms with Gasteiger partial charge in [0.15, 0.2) is 0 Å². The fourth-order valence-electron chi connectivity index (χ4n) is 2.20. The summed E-state index contributed by atoms with van der Waals surface area (Å²) in [6.07, 6.45) is 2.37. The smallest absolute Gasteiger partial charge is 0.220 e. The van der Waals surface area contributed by atoms with Gasteiger partial charge in [0.05, 0.1) is 6.04 Å². The van der Waals surface area contributed by atoms with Gasteiger partial charge in [-0.05, 0) is 36.8 Å². The molecule has 0 heterocycles. The molecule has 0 aliphatic heterocycles. The molecule has 2 atom stereocenters. The molecule has 1 amide bonds. The van der Waals surface area contributed by atoms with E-state index in [0.717, 1.165) is 12.8 Å². The summed E-state index contributed by atoms with van der Waals surface area (Å²) < 4.78 is 0. The van der Waals surface area contributed by atoms with Crippen LogP contribution in [0.15, 0.2) is 30.3 Å². The molecule has 1 aromatic rings. The van der Waals surface area contributed by atoms with E-state index in [-0.39, 0.29) is 11.9 Å². The Kier molecular flexibility index (Phi) is 7.31. The van der Waals surface area contributed by atoms with Crippen molar-refractivity contribution in [1.82, 2.24) is 5.32 Å². The van der Waals surface area contributed by atoms with Crippen LogP contribution in [0, 0.1) is 11.8 Å². The Bertz CT molecular complexity index is 389. The van der Waals surface area contributed by atoms with Crippen LogP contribution in [0.25, 0.3) is 0 Å². The van der Waals surface area contributed by atoms with Crippen LogP contribution in [0.1, 0.15) is 51.6 Å². The molecule has 0 aliphatic carbocycles. The summed E-state index contributed by atoms with van der Waals surface area (Å²) >= 11 is 0. The Morgan fingerprint density at radius 1 is 1.20 bits per heavy atom. The van der Waals surface area contributed by atoms with Crippen molar-refractivity contribution in [2.45, 2.75) is 46.1 Å². The van der Waals surface area contributed by atoms with E-state index in [1.54, 1.807) is 0 Å². The van der Waals surface area contributed by atoms with Crippen LogP contribution in [0.2, 0.25) is 0 Å². The normalized spacial score (nSPS) is 14.1. The highest BCUT2D eigenvalue weighted by Crippen LogP contribution is 2.21. The van der Waals surface area contributed by atoms with Gasteiger partial charge in [-0.2, -0.15) is 0 Å². The monoisotopic (exact) mass is 276 g/mol. The molecular formula is C17H28N2O. The summed E-state index contributed by atoms with van der Waals surface area (Å²) in [6, 6.07) is 10.3. The number of nitrogens with one attached hydrogen (secondary N) is 1. The summed E-state index contributed by atoms with van der Waals surface area (Å²) in [7, 11) is 0. The second-order valence-corrected chi connectivity index (χ2v) is 6.04. The zero-order chi connectivity index (χ0) is 15.0. The van der Waals surface area contributed by atoms with Gasteiger partial charge in [-0.15, -0.1) is 0 Å². The largest absolute Gasteiger partial charge is 0.349 e. The molecule has 0 fully saturated rings. The van der Waals surface area contributed by atoms with Gasteiger partial charge in [0, 0.05) is 6.42 Å². The molecule has 3 nitrogen and oxygen atoms in total. The predicted octanol–water partition coefficient (Wildman–Crippen LogP) is 3.27. The van der Waals surface area contributed by atoms with Gasteiger partial charge < -0.3 is 11.1 Å². The molecule has 0 aromatic heterocycles. The molecule has 0 aliphatic rings. The molecule has 3 heteroatoms. The maximum atomic E-state index is 12.1. The van der Waals surface area contributed by atoms with Gasteiger partial charge in [-0.3, -0.25) is 4.79 Å². The Labute approximate surface area is 122 Å². The van der Waals surface area contributed by atoms with Gasteiger partial charge in [0.25, 0.3) is 0 Å². The van der Waals surface area contributed by atoms with Crippen molar-refractivity contribution in [2.75, 3.05) is 6.54 Å². The first kappa shape index (κ1) is 16.7. The van der Waals surface area contributed by atoms with Crippen molar-refractivity contribution < 1.29 is 4.79 Å². The van der Waals surface area contributed by atoms with Gasteiger partial charge in [-0.25, -0.2) is 0 Å². The van der Waals surface area contributed by atoms with Crippen molar-refractivity contribution in [3.8, 4) is 0 Å². The number of amides is 1. The van der Waals surface area contributed by atoms with E-state index in [0.29, 0.717) is 24.8 Å². The second-order valence-electron chi connectivity index (χ2n) is 6.04. The lowest BCUT2D eigenvalue weighted by Gasteiger charge is -2.21. The lowest BCUT2D eigenvalue weighted by Crippen LogP contribution is -2.30. The van der Waals surface area contributed by atoms with E-state index in [4.69, 9.17) is 5.73 Å². The van der Waals surface area contributed by atoms with E-state index >= 15 is 0 Å². The van der Waals surface area contributed by atoms with Crippen LogP contribution in [0.5, 0.6) is 0 Å². The van der Waals surface area contributed by atoms with E-state index in [1.165, 1.54) is 5.56 Å². The standard InChI is InChI=1S/C17H28N2O/c1-13(2)11-16(15-7-5-4-6-8-15)19-17(20)10-9-14(3)12-18/h4-8,13-14,16H,9-12,18H2,1-3H3,(H,19,20). The topological polar surface area (TPSA) is 55.1 Å². The van der Waals surface area contributed by atoms with Crippen LogP contribution >= 0.6 is 0 Å². The van der Waals surface area contributed by atoms with Gasteiger partial charge in [-0.1, -0.05) is 51.1 Å². The highest BCUT2D eigenvalue weighted by atomic mass is 16.1. The summed E-state index contributed by atoms with van der Waals surface area (Å²) in [5.41, 5.74) is 6.77. The van der Waals surface area contributed by atoms with Crippen molar-refractivity contribution in [3.05, 3.63) is 35.9 Å². The Hall–Kier alpha value is -1.35. The lowest BCUT2D eigenvalue weighted by molar-refractivity contribution is -0.122. The predicted molar refractivity (Wildman–Crippen MR) is 84.2 cm³/mol. The van der Waals surface area contributed by atoms with Crippen LogP contribution in [-0.2, 0) is 4.79 Å². The van der Waals surface area contributed by atoms with E-state index in [1.807, 2.05) is 18.2 Å². The van der Waals surface area contributed by atoms with E-state index < -0.39 is 0 Å².